The number of hydrogen-bond donors (Lipinski definition) is 1. The predicted molar refractivity (Wildman–Crippen MR) is 48.1 cm³/mol. The minimum atomic E-state index is -0.651. The van der Waals surface area contributed by atoms with Crippen LogP contribution in [0.3, 0.4) is 0 Å². The summed E-state index contributed by atoms with van der Waals surface area (Å²) >= 11 is 3.37. The Morgan fingerprint density at radius 2 is 1.91 bits per heavy atom. The van der Waals surface area contributed by atoms with Crippen LogP contribution < -0.4 is 0 Å². The molecule has 2 atom stereocenters. The van der Waals surface area contributed by atoms with Gasteiger partial charge in [0.05, 0.1) is 5.92 Å². The molecule has 1 rings (SSSR count). The van der Waals surface area contributed by atoms with Gasteiger partial charge in [0.25, 0.3) is 0 Å². The maximum Gasteiger partial charge on any atom is 0.307 e. The Balaban J connectivity index is 0.000001000. The molecule has 1 N–H and O–H groups in total. The SMILES string of the molecule is O=C(O)C1CCCCC1Br.[In]. The number of aliphatic carboxylic acids is 1. The summed E-state index contributed by atoms with van der Waals surface area (Å²) in [5.74, 6) is -0.796. The van der Waals surface area contributed by atoms with E-state index in [1.165, 1.54) is 6.42 Å². The zero-order valence-electron chi connectivity index (χ0n) is 6.29. The smallest absolute Gasteiger partial charge is 0.307 e. The molecule has 1 aliphatic rings. The molecule has 0 aromatic heterocycles. The van der Waals surface area contributed by atoms with Crippen LogP contribution in [-0.2, 0) is 4.79 Å². The fraction of sp³-hybridized carbons (Fsp3) is 0.857. The summed E-state index contributed by atoms with van der Waals surface area (Å²) in [6.45, 7) is 0. The summed E-state index contributed by atoms with van der Waals surface area (Å²) in [5, 5.41) is 8.68. The first kappa shape index (κ1) is 11.8. The zero-order valence-corrected chi connectivity index (χ0v) is 11.2. The first-order chi connectivity index (χ1) is 4.72. The van der Waals surface area contributed by atoms with Gasteiger partial charge in [-0.05, 0) is 12.8 Å². The summed E-state index contributed by atoms with van der Waals surface area (Å²) in [5.41, 5.74) is 0. The van der Waals surface area contributed by atoms with Gasteiger partial charge in [-0.1, -0.05) is 28.8 Å². The predicted octanol–water partition coefficient (Wildman–Crippen LogP) is 1.64. The molecule has 0 aromatic rings. The Morgan fingerprint density at radius 3 is 2.27 bits per heavy atom. The number of rotatable bonds is 1. The number of alkyl halides is 1. The van der Waals surface area contributed by atoms with Gasteiger partial charge in [-0.15, -0.1) is 0 Å². The first-order valence-corrected chi connectivity index (χ1v) is 4.50. The normalized spacial score (nSPS) is 30.6. The van der Waals surface area contributed by atoms with Crippen molar-refractivity contribution in [3.8, 4) is 0 Å². The van der Waals surface area contributed by atoms with Crippen LogP contribution in [0.15, 0.2) is 0 Å². The van der Waals surface area contributed by atoms with Gasteiger partial charge >= 0.3 is 5.97 Å². The molecule has 0 amide bonds. The second-order valence-corrected chi connectivity index (χ2v) is 3.92. The Labute approximate surface area is 93.7 Å². The van der Waals surface area contributed by atoms with Crippen molar-refractivity contribution >= 4 is 47.7 Å². The third-order valence-corrected chi connectivity index (χ3v) is 3.09. The second-order valence-electron chi connectivity index (χ2n) is 2.75. The number of hydrogen-bond acceptors (Lipinski definition) is 1. The van der Waals surface area contributed by atoms with E-state index < -0.39 is 5.97 Å². The van der Waals surface area contributed by atoms with E-state index in [1.807, 2.05) is 0 Å². The fourth-order valence-corrected chi connectivity index (χ4v) is 2.18. The van der Waals surface area contributed by atoms with Crippen molar-refractivity contribution < 1.29 is 9.90 Å². The minimum Gasteiger partial charge on any atom is -0.481 e. The van der Waals surface area contributed by atoms with Crippen molar-refractivity contribution in [2.75, 3.05) is 0 Å². The number of halogens is 1. The molecular weight excluding hydrogens is 311 g/mol. The van der Waals surface area contributed by atoms with E-state index >= 15 is 0 Å². The quantitative estimate of drug-likeness (QED) is 0.746. The summed E-state index contributed by atoms with van der Waals surface area (Å²) < 4.78 is 0. The molecule has 2 unspecified atom stereocenters. The Morgan fingerprint density at radius 1 is 1.36 bits per heavy atom. The Hall–Kier alpha value is 0.820. The molecule has 61 valence electrons. The molecule has 0 bridgehead atoms. The Kier molecular flexibility index (Phi) is 5.87. The van der Waals surface area contributed by atoms with E-state index in [0.717, 1.165) is 19.3 Å². The van der Waals surface area contributed by atoms with Crippen molar-refractivity contribution in [2.45, 2.75) is 30.5 Å². The molecule has 3 radical (unpaired) electrons. The molecule has 1 fully saturated rings. The van der Waals surface area contributed by atoms with Gasteiger partial charge in [-0.3, -0.25) is 4.79 Å². The summed E-state index contributed by atoms with van der Waals surface area (Å²) in [6.07, 6.45) is 4.08. The van der Waals surface area contributed by atoms with Crippen LogP contribution >= 0.6 is 15.9 Å². The molecule has 0 saturated heterocycles. The third kappa shape index (κ3) is 3.36. The molecule has 1 aliphatic carbocycles. The zero-order chi connectivity index (χ0) is 7.56. The molecule has 0 aromatic carbocycles. The third-order valence-electron chi connectivity index (χ3n) is 2.00. The largest absolute Gasteiger partial charge is 0.481 e. The molecule has 11 heavy (non-hydrogen) atoms. The number of carboxylic acids is 1. The first-order valence-electron chi connectivity index (χ1n) is 3.58. The molecule has 0 aliphatic heterocycles. The van der Waals surface area contributed by atoms with Crippen LogP contribution in [-0.4, -0.2) is 41.7 Å². The van der Waals surface area contributed by atoms with E-state index in [1.54, 1.807) is 0 Å². The summed E-state index contributed by atoms with van der Waals surface area (Å²) in [6, 6.07) is 0. The van der Waals surface area contributed by atoms with E-state index in [0.29, 0.717) is 0 Å². The molecule has 4 heteroatoms. The van der Waals surface area contributed by atoms with E-state index in [4.69, 9.17) is 5.11 Å². The van der Waals surface area contributed by atoms with Crippen molar-refractivity contribution in [1.82, 2.24) is 0 Å². The second kappa shape index (κ2) is 5.46. The molecule has 0 heterocycles. The average Bonchev–Trinajstić information content (AvgIpc) is 1.88. The van der Waals surface area contributed by atoms with Crippen molar-refractivity contribution in [3.05, 3.63) is 0 Å². The molecule has 0 spiro atoms. The van der Waals surface area contributed by atoms with E-state index in [2.05, 4.69) is 15.9 Å². The van der Waals surface area contributed by atoms with Crippen LogP contribution in [0.25, 0.3) is 0 Å². The van der Waals surface area contributed by atoms with Crippen LogP contribution in [0, 0.1) is 5.92 Å². The maximum atomic E-state index is 10.5. The van der Waals surface area contributed by atoms with Gasteiger partial charge in [0.1, 0.15) is 0 Å². The van der Waals surface area contributed by atoms with Crippen LogP contribution in [0.2, 0.25) is 0 Å². The van der Waals surface area contributed by atoms with Crippen LogP contribution in [0.4, 0.5) is 0 Å². The average molecular weight is 322 g/mol. The fourth-order valence-electron chi connectivity index (χ4n) is 1.36. The van der Waals surface area contributed by atoms with Gasteiger partial charge in [0, 0.05) is 30.7 Å². The maximum absolute atomic E-state index is 10.5. The van der Waals surface area contributed by atoms with Gasteiger partial charge in [-0.25, -0.2) is 0 Å². The monoisotopic (exact) mass is 321 g/mol. The van der Waals surface area contributed by atoms with Crippen LogP contribution in [0.1, 0.15) is 25.7 Å². The topological polar surface area (TPSA) is 37.3 Å². The number of carboxylic acid groups (broad SMARTS) is 1. The standard InChI is InChI=1S/C7H11BrO2.In/c8-6-4-2-1-3-5(6)7(9)10;/h5-6H,1-4H2,(H,9,10);. The molecule has 2 nitrogen and oxygen atoms in total. The Bertz CT molecular complexity index is 140. The van der Waals surface area contributed by atoms with Gasteiger partial charge in [-0.2, -0.15) is 0 Å². The summed E-state index contributed by atoms with van der Waals surface area (Å²) in [4.78, 5) is 10.7. The van der Waals surface area contributed by atoms with Gasteiger partial charge in [0.15, 0.2) is 0 Å². The number of carbonyl (C=O) groups is 1. The van der Waals surface area contributed by atoms with Crippen molar-refractivity contribution in [1.29, 1.82) is 0 Å². The van der Waals surface area contributed by atoms with Gasteiger partial charge < -0.3 is 5.11 Å². The van der Waals surface area contributed by atoms with Crippen molar-refractivity contribution in [2.24, 2.45) is 5.92 Å². The van der Waals surface area contributed by atoms with E-state index in [-0.39, 0.29) is 36.6 Å². The molecular formula is C7H11BrInO2. The van der Waals surface area contributed by atoms with E-state index in [9.17, 15) is 4.79 Å². The summed E-state index contributed by atoms with van der Waals surface area (Å²) in [7, 11) is 0. The van der Waals surface area contributed by atoms with Crippen molar-refractivity contribution in [3.63, 3.8) is 0 Å². The van der Waals surface area contributed by atoms with Gasteiger partial charge in [0.2, 0.25) is 0 Å². The van der Waals surface area contributed by atoms with Crippen LogP contribution in [0.5, 0.6) is 0 Å². The minimum absolute atomic E-state index is 0. The molecule has 1 saturated carbocycles.